The van der Waals surface area contributed by atoms with Crippen LogP contribution in [0.1, 0.15) is 20.3 Å². The number of nitrogens with zero attached hydrogens (tertiary/aromatic N) is 4. The molecular weight excluding hydrogens is 290 g/mol. The first-order valence-electron chi connectivity index (χ1n) is 6.55. The van der Waals surface area contributed by atoms with Crippen LogP contribution in [0.5, 0.6) is 0 Å². The van der Waals surface area contributed by atoms with E-state index in [-0.39, 0.29) is 17.8 Å². The fourth-order valence-electron chi connectivity index (χ4n) is 1.53. The summed E-state index contributed by atoms with van der Waals surface area (Å²) in [6.45, 7) is 3.82. The zero-order chi connectivity index (χ0) is 15.2. The van der Waals surface area contributed by atoms with Crippen molar-refractivity contribution in [3.8, 4) is 11.4 Å². The average molecular weight is 307 g/mol. The van der Waals surface area contributed by atoms with Gasteiger partial charge in [0.1, 0.15) is 0 Å². The largest absolute Gasteiger partial charge is 0.462 e. The molecule has 7 nitrogen and oxygen atoms in total. The lowest BCUT2D eigenvalue weighted by molar-refractivity contribution is -0.144. The SMILES string of the molecule is CCC(C)OC(=O)CSc1nnc(-c2cccnc2)n1N. The number of nitrogen functional groups attached to an aromatic ring is 1. The van der Waals surface area contributed by atoms with Crippen LogP contribution >= 0.6 is 11.8 Å². The number of hydrogen-bond donors (Lipinski definition) is 1. The van der Waals surface area contributed by atoms with Crippen molar-refractivity contribution in [3.63, 3.8) is 0 Å². The molecule has 1 atom stereocenters. The first kappa shape index (κ1) is 15.3. The van der Waals surface area contributed by atoms with Crippen molar-refractivity contribution < 1.29 is 9.53 Å². The Bertz CT molecular complexity index is 602. The van der Waals surface area contributed by atoms with E-state index in [1.54, 1.807) is 18.5 Å². The van der Waals surface area contributed by atoms with E-state index in [2.05, 4.69) is 15.2 Å². The summed E-state index contributed by atoms with van der Waals surface area (Å²) in [4.78, 5) is 15.6. The van der Waals surface area contributed by atoms with Crippen LogP contribution < -0.4 is 5.84 Å². The molecule has 0 aromatic carbocycles. The Morgan fingerprint density at radius 3 is 3.00 bits per heavy atom. The van der Waals surface area contributed by atoms with Crippen LogP contribution in [0.25, 0.3) is 11.4 Å². The maximum Gasteiger partial charge on any atom is 0.316 e. The molecule has 0 saturated carbocycles. The Morgan fingerprint density at radius 1 is 1.52 bits per heavy atom. The molecule has 2 aromatic rings. The van der Waals surface area contributed by atoms with Gasteiger partial charge in [0, 0.05) is 18.0 Å². The van der Waals surface area contributed by atoms with Gasteiger partial charge in [-0.3, -0.25) is 9.78 Å². The van der Waals surface area contributed by atoms with Gasteiger partial charge in [0.05, 0.1) is 11.9 Å². The normalized spacial score (nSPS) is 12.1. The second-order valence-corrected chi connectivity index (χ2v) is 5.36. The molecule has 0 aliphatic rings. The summed E-state index contributed by atoms with van der Waals surface area (Å²) >= 11 is 1.19. The van der Waals surface area contributed by atoms with Crippen LogP contribution in [0.2, 0.25) is 0 Å². The number of esters is 1. The van der Waals surface area contributed by atoms with E-state index in [1.165, 1.54) is 16.4 Å². The molecule has 0 radical (unpaired) electrons. The number of aromatic nitrogens is 4. The van der Waals surface area contributed by atoms with Gasteiger partial charge in [-0.05, 0) is 25.5 Å². The van der Waals surface area contributed by atoms with Crippen LogP contribution in [-0.2, 0) is 9.53 Å². The number of ether oxygens (including phenoxy) is 1. The first-order valence-corrected chi connectivity index (χ1v) is 7.53. The fraction of sp³-hybridized carbons (Fsp3) is 0.385. The summed E-state index contributed by atoms with van der Waals surface area (Å²) in [6, 6.07) is 3.63. The Hall–Kier alpha value is -2.09. The van der Waals surface area contributed by atoms with E-state index in [9.17, 15) is 4.79 Å². The van der Waals surface area contributed by atoms with Gasteiger partial charge in [0.25, 0.3) is 0 Å². The van der Waals surface area contributed by atoms with Crippen molar-refractivity contribution in [2.24, 2.45) is 0 Å². The molecule has 0 fully saturated rings. The smallest absolute Gasteiger partial charge is 0.316 e. The molecule has 2 N–H and O–H groups in total. The summed E-state index contributed by atoms with van der Waals surface area (Å²) < 4.78 is 6.53. The maximum absolute atomic E-state index is 11.6. The highest BCUT2D eigenvalue weighted by atomic mass is 32.2. The van der Waals surface area contributed by atoms with Gasteiger partial charge in [-0.1, -0.05) is 18.7 Å². The highest BCUT2D eigenvalue weighted by Crippen LogP contribution is 2.20. The second kappa shape index (κ2) is 7.07. The summed E-state index contributed by atoms with van der Waals surface area (Å²) in [5.41, 5.74) is 0.765. The molecule has 2 rings (SSSR count). The summed E-state index contributed by atoms with van der Waals surface area (Å²) in [5, 5.41) is 8.45. The number of rotatable bonds is 6. The molecule has 0 saturated heterocycles. The van der Waals surface area contributed by atoms with Crippen LogP contribution in [0, 0.1) is 0 Å². The highest BCUT2D eigenvalue weighted by molar-refractivity contribution is 7.99. The van der Waals surface area contributed by atoms with Crippen molar-refractivity contribution in [1.29, 1.82) is 0 Å². The topological polar surface area (TPSA) is 95.9 Å². The molecular formula is C13H17N5O2S. The summed E-state index contributed by atoms with van der Waals surface area (Å²) in [7, 11) is 0. The predicted octanol–water partition coefficient (Wildman–Crippen LogP) is 1.49. The van der Waals surface area contributed by atoms with E-state index in [1.807, 2.05) is 19.9 Å². The molecule has 8 heteroatoms. The molecule has 2 heterocycles. The maximum atomic E-state index is 11.6. The van der Waals surface area contributed by atoms with E-state index >= 15 is 0 Å². The van der Waals surface area contributed by atoms with Crippen molar-refractivity contribution in [2.75, 3.05) is 11.6 Å². The lowest BCUT2D eigenvalue weighted by Gasteiger charge is -2.10. The van der Waals surface area contributed by atoms with Gasteiger partial charge in [-0.25, -0.2) is 4.68 Å². The van der Waals surface area contributed by atoms with Crippen molar-refractivity contribution in [1.82, 2.24) is 19.9 Å². The third-order valence-corrected chi connectivity index (χ3v) is 3.73. The Kier molecular flexibility index (Phi) is 5.15. The van der Waals surface area contributed by atoms with Crippen LogP contribution in [0.4, 0.5) is 0 Å². The summed E-state index contributed by atoms with van der Waals surface area (Å²) in [5.74, 6) is 6.29. The standard InChI is InChI=1S/C13H17N5O2S/c1-3-9(2)20-11(19)8-21-13-17-16-12(18(13)14)10-5-4-6-15-7-10/h4-7,9H,3,8,14H2,1-2H3. The van der Waals surface area contributed by atoms with Gasteiger partial charge in [-0.15, -0.1) is 10.2 Å². The van der Waals surface area contributed by atoms with Crippen molar-refractivity contribution in [3.05, 3.63) is 24.5 Å². The molecule has 0 aliphatic heterocycles. The minimum Gasteiger partial charge on any atom is -0.462 e. The zero-order valence-electron chi connectivity index (χ0n) is 11.9. The lowest BCUT2D eigenvalue weighted by atomic mass is 10.3. The van der Waals surface area contributed by atoms with Crippen LogP contribution in [0.3, 0.4) is 0 Å². The molecule has 0 spiro atoms. The van der Waals surface area contributed by atoms with Gasteiger partial charge < -0.3 is 10.6 Å². The first-order chi connectivity index (χ1) is 10.1. The second-order valence-electron chi connectivity index (χ2n) is 4.42. The molecule has 0 amide bonds. The van der Waals surface area contributed by atoms with Crippen LogP contribution in [-0.4, -0.2) is 37.7 Å². The molecule has 1 unspecified atom stereocenters. The van der Waals surface area contributed by atoms with E-state index in [4.69, 9.17) is 10.6 Å². The van der Waals surface area contributed by atoms with Gasteiger partial charge >= 0.3 is 5.97 Å². The Labute approximate surface area is 126 Å². The summed E-state index contributed by atoms with van der Waals surface area (Å²) in [6.07, 6.45) is 4.02. The molecule has 0 bridgehead atoms. The van der Waals surface area contributed by atoms with Gasteiger partial charge in [0.2, 0.25) is 5.16 Å². The Morgan fingerprint density at radius 2 is 2.33 bits per heavy atom. The van der Waals surface area contributed by atoms with E-state index < -0.39 is 0 Å². The Balaban J connectivity index is 2.00. The highest BCUT2D eigenvalue weighted by Gasteiger charge is 2.15. The number of carbonyl (C=O) groups excluding carboxylic acids is 1. The van der Waals surface area contributed by atoms with Crippen molar-refractivity contribution in [2.45, 2.75) is 31.5 Å². The number of hydrogen-bond acceptors (Lipinski definition) is 7. The lowest BCUT2D eigenvalue weighted by Crippen LogP contribution is -2.17. The van der Waals surface area contributed by atoms with E-state index in [0.717, 1.165) is 12.0 Å². The average Bonchev–Trinajstić information content (AvgIpc) is 2.87. The van der Waals surface area contributed by atoms with E-state index in [0.29, 0.717) is 11.0 Å². The van der Waals surface area contributed by atoms with Gasteiger partial charge in [0.15, 0.2) is 5.82 Å². The fourth-order valence-corrected chi connectivity index (χ4v) is 2.17. The molecule has 2 aromatic heterocycles. The number of thioether (sulfide) groups is 1. The number of nitrogens with two attached hydrogens (primary N) is 1. The monoisotopic (exact) mass is 307 g/mol. The number of pyridine rings is 1. The molecule has 21 heavy (non-hydrogen) atoms. The molecule has 0 aliphatic carbocycles. The predicted molar refractivity (Wildman–Crippen MR) is 80.0 cm³/mol. The third-order valence-electron chi connectivity index (χ3n) is 2.81. The van der Waals surface area contributed by atoms with Crippen LogP contribution in [0.15, 0.2) is 29.7 Å². The quantitative estimate of drug-likeness (QED) is 0.490. The minimum absolute atomic E-state index is 0.0835. The third kappa shape index (κ3) is 3.94. The number of carbonyl (C=O) groups is 1. The van der Waals surface area contributed by atoms with Crippen molar-refractivity contribution >= 4 is 17.7 Å². The van der Waals surface area contributed by atoms with Gasteiger partial charge in [-0.2, -0.15) is 0 Å². The minimum atomic E-state index is -0.291. The zero-order valence-corrected chi connectivity index (χ0v) is 12.7. The molecule has 112 valence electrons.